The first-order valence-electron chi connectivity index (χ1n) is 4.54. The third kappa shape index (κ3) is 3.69. The fourth-order valence-electron chi connectivity index (χ4n) is 1.13. The molecule has 1 rings (SSSR count). The van der Waals surface area contributed by atoms with Crippen LogP contribution in [-0.2, 0) is 0 Å². The number of hydrogen-bond acceptors (Lipinski definition) is 2. The summed E-state index contributed by atoms with van der Waals surface area (Å²) >= 11 is 0. The van der Waals surface area contributed by atoms with Crippen molar-refractivity contribution >= 4 is 0 Å². The minimum Gasteiger partial charge on any atom is -0.484 e. The number of ether oxygens (including phenoxy) is 1. The molecule has 2 nitrogen and oxygen atoms in total. The summed E-state index contributed by atoms with van der Waals surface area (Å²) in [6.07, 6.45) is -4.43. The van der Waals surface area contributed by atoms with Gasteiger partial charge in [-0.05, 0) is 13.0 Å². The van der Waals surface area contributed by atoms with Crippen molar-refractivity contribution in [3.63, 3.8) is 0 Å². The Labute approximate surface area is 90.0 Å². The van der Waals surface area contributed by atoms with E-state index in [-0.39, 0.29) is 11.3 Å². The van der Waals surface area contributed by atoms with Crippen molar-refractivity contribution in [1.82, 2.24) is 0 Å². The lowest BCUT2D eigenvalue weighted by molar-refractivity contribution is -0.153. The molecule has 0 fully saturated rings. The Hall–Kier alpha value is -1.30. The van der Waals surface area contributed by atoms with Gasteiger partial charge in [0.25, 0.3) is 0 Å². The van der Waals surface area contributed by atoms with E-state index in [1.54, 1.807) is 6.92 Å². The van der Waals surface area contributed by atoms with Crippen molar-refractivity contribution in [2.45, 2.75) is 19.1 Å². The maximum atomic E-state index is 13.3. The highest BCUT2D eigenvalue weighted by Gasteiger charge is 2.28. The van der Waals surface area contributed by atoms with E-state index in [2.05, 4.69) is 4.74 Å². The Kier molecular flexibility index (Phi) is 3.74. The SMILES string of the molecule is CC(N)c1ccc(OCC(F)(F)F)cc1F. The first-order chi connectivity index (χ1) is 7.29. The zero-order chi connectivity index (χ0) is 12.3. The number of nitrogens with two attached hydrogens (primary N) is 1. The van der Waals surface area contributed by atoms with Gasteiger partial charge in [-0.25, -0.2) is 4.39 Å². The molecule has 1 atom stereocenters. The predicted molar refractivity (Wildman–Crippen MR) is 50.6 cm³/mol. The summed E-state index contributed by atoms with van der Waals surface area (Å²) in [6.45, 7) is 0.138. The Morgan fingerprint density at radius 3 is 2.44 bits per heavy atom. The maximum Gasteiger partial charge on any atom is 0.422 e. The van der Waals surface area contributed by atoms with Crippen LogP contribution in [0.3, 0.4) is 0 Å². The molecule has 0 saturated carbocycles. The average molecular weight is 237 g/mol. The molecule has 1 aromatic rings. The van der Waals surface area contributed by atoms with Crippen LogP contribution in [0.25, 0.3) is 0 Å². The summed E-state index contributed by atoms with van der Waals surface area (Å²) in [6, 6.07) is 2.94. The molecule has 0 bridgehead atoms. The first-order valence-corrected chi connectivity index (χ1v) is 4.54. The van der Waals surface area contributed by atoms with Crippen LogP contribution in [0.1, 0.15) is 18.5 Å². The van der Waals surface area contributed by atoms with Gasteiger partial charge in [0.05, 0.1) is 0 Å². The molecule has 0 heterocycles. The summed E-state index contributed by atoms with van der Waals surface area (Å²) in [5.74, 6) is -0.839. The largest absolute Gasteiger partial charge is 0.484 e. The predicted octanol–water partition coefficient (Wildman–Crippen LogP) is 2.79. The molecule has 90 valence electrons. The normalized spacial score (nSPS) is 13.6. The number of rotatable bonds is 3. The lowest BCUT2D eigenvalue weighted by Gasteiger charge is -2.11. The van der Waals surface area contributed by atoms with Crippen LogP contribution in [0.15, 0.2) is 18.2 Å². The summed E-state index contributed by atoms with van der Waals surface area (Å²) in [5, 5.41) is 0. The van der Waals surface area contributed by atoms with Crippen molar-refractivity contribution < 1.29 is 22.3 Å². The van der Waals surface area contributed by atoms with E-state index in [0.717, 1.165) is 6.07 Å². The summed E-state index contributed by atoms with van der Waals surface area (Å²) in [4.78, 5) is 0. The van der Waals surface area contributed by atoms with Crippen LogP contribution >= 0.6 is 0 Å². The zero-order valence-electron chi connectivity index (χ0n) is 8.51. The molecule has 1 aromatic carbocycles. The molecule has 1 unspecified atom stereocenters. The van der Waals surface area contributed by atoms with Gasteiger partial charge in [0.1, 0.15) is 11.6 Å². The van der Waals surface area contributed by atoms with Crippen LogP contribution < -0.4 is 10.5 Å². The number of alkyl halides is 3. The smallest absolute Gasteiger partial charge is 0.422 e. The Morgan fingerprint density at radius 1 is 1.38 bits per heavy atom. The van der Waals surface area contributed by atoms with Crippen molar-refractivity contribution in [3.05, 3.63) is 29.6 Å². The molecule has 0 spiro atoms. The summed E-state index contributed by atoms with van der Waals surface area (Å²) < 4.78 is 53.1. The molecule has 6 heteroatoms. The quantitative estimate of drug-likeness (QED) is 0.820. The lowest BCUT2D eigenvalue weighted by atomic mass is 10.1. The standard InChI is InChI=1S/C10H11F4NO/c1-6(15)8-3-2-7(4-9(8)11)16-5-10(12,13)14/h2-4,6H,5,15H2,1H3. The molecule has 0 aliphatic carbocycles. The van der Waals surface area contributed by atoms with E-state index in [9.17, 15) is 17.6 Å². The molecule has 2 N–H and O–H groups in total. The number of halogens is 4. The van der Waals surface area contributed by atoms with E-state index >= 15 is 0 Å². The number of hydrogen-bond donors (Lipinski definition) is 1. The minimum atomic E-state index is -4.43. The minimum absolute atomic E-state index is 0.167. The molecule has 0 amide bonds. The second-order valence-corrected chi connectivity index (χ2v) is 3.38. The maximum absolute atomic E-state index is 13.3. The van der Waals surface area contributed by atoms with Crippen LogP contribution in [0.2, 0.25) is 0 Å². The molecule has 0 aliphatic rings. The van der Waals surface area contributed by atoms with Crippen LogP contribution in [0, 0.1) is 5.82 Å². The highest BCUT2D eigenvalue weighted by atomic mass is 19.4. The van der Waals surface area contributed by atoms with Crippen LogP contribution in [0.5, 0.6) is 5.75 Å². The third-order valence-electron chi connectivity index (χ3n) is 1.86. The monoisotopic (exact) mass is 237 g/mol. The van der Waals surface area contributed by atoms with E-state index in [4.69, 9.17) is 5.73 Å². The van der Waals surface area contributed by atoms with Gasteiger partial charge in [-0.3, -0.25) is 0 Å². The third-order valence-corrected chi connectivity index (χ3v) is 1.86. The molecule has 16 heavy (non-hydrogen) atoms. The molecular weight excluding hydrogens is 226 g/mol. The fourth-order valence-corrected chi connectivity index (χ4v) is 1.13. The second kappa shape index (κ2) is 4.69. The highest BCUT2D eigenvalue weighted by Crippen LogP contribution is 2.22. The van der Waals surface area contributed by atoms with Gasteiger partial charge in [0, 0.05) is 17.7 Å². The molecule has 0 saturated heterocycles. The highest BCUT2D eigenvalue weighted by molar-refractivity contribution is 5.30. The van der Waals surface area contributed by atoms with Gasteiger partial charge in [0.15, 0.2) is 6.61 Å². The van der Waals surface area contributed by atoms with E-state index in [0.29, 0.717) is 0 Å². The molecular formula is C10H11F4NO. The van der Waals surface area contributed by atoms with Gasteiger partial charge in [-0.1, -0.05) is 6.07 Å². The fraction of sp³-hybridized carbons (Fsp3) is 0.400. The zero-order valence-corrected chi connectivity index (χ0v) is 8.51. The Bertz CT molecular complexity index is 362. The van der Waals surface area contributed by atoms with Crippen molar-refractivity contribution in [3.8, 4) is 5.75 Å². The molecule has 0 radical (unpaired) electrons. The molecule has 0 aliphatic heterocycles. The van der Waals surface area contributed by atoms with Gasteiger partial charge in [0.2, 0.25) is 0 Å². The van der Waals surface area contributed by atoms with Crippen molar-refractivity contribution in [1.29, 1.82) is 0 Å². The molecule has 0 aromatic heterocycles. The summed E-state index contributed by atoms with van der Waals surface area (Å²) in [5.41, 5.74) is 5.68. The van der Waals surface area contributed by atoms with E-state index in [1.807, 2.05) is 0 Å². The van der Waals surface area contributed by atoms with Crippen molar-refractivity contribution in [2.24, 2.45) is 5.73 Å². The van der Waals surface area contributed by atoms with Crippen LogP contribution in [0.4, 0.5) is 17.6 Å². The topological polar surface area (TPSA) is 35.2 Å². The number of benzene rings is 1. The van der Waals surface area contributed by atoms with Crippen LogP contribution in [-0.4, -0.2) is 12.8 Å². The van der Waals surface area contributed by atoms with E-state index in [1.165, 1.54) is 12.1 Å². The first kappa shape index (κ1) is 12.8. The Morgan fingerprint density at radius 2 is 2.00 bits per heavy atom. The van der Waals surface area contributed by atoms with E-state index < -0.39 is 24.6 Å². The van der Waals surface area contributed by atoms with Crippen molar-refractivity contribution in [2.75, 3.05) is 6.61 Å². The summed E-state index contributed by atoms with van der Waals surface area (Å²) in [7, 11) is 0. The Balaban J connectivity index is 2.74. The van der Waals surface area contributed by atoms with Gasteiger partial charge >= 0.3 is 6.18 Å². The van der Waals surface area contributed by atoms with Gasteiger partial charge in [-0.15, -0.1) is 0 Å². The average Bonchev–Trinajstić information content (AvgIpc) is 2.13. The lowest BCUT2D eigenvalue weighted by Crippen LogP contribution is -2.19. The second-order valence-electron chi connectivity index (χ2n) is 3.38. The van der Waals surface area contributed by atoms with Gasteiger partial charge in [-0.2, -0.15) is 13.2 Å². The van der Waals surface area contributed by atoms with Gasteiger partial charge < -0.3 is 10.5 Å².